The Bertz CT molecular complexity index is 1570. The van der Waals surface area contributed by atoms with Crippen LogP contribution in [0.3, 0.4) is 0 Å². The van der Waals surface area contributed by atoms with Crippen LogP contribution in [0.5, 0.6) is 0 Å². The van der Waals surface area contributed by atoms with Gasteiger partial charge in [-0.15, -0.1) is 0 Å². The normalized spacial score (nSPS) is 15.4. The van der Waals surface area contributed by atoms with Crippen LogP contribution in [0, 0.1) is 11.7 Å². The first-order valence-electron chi connectivity index (χ1n) is 14.1. The van der Waals surface area contributed by atoms with Crippen molar-refractivity contribution in [1.29, 1.82) is 0 Å². The molecule has 0 saturated carbocycles. The lowest BCUT2D eigenvalue weighted by molar-refractivity contribution is -0.148. The zero-order chi connectivity index (χ0) is 30.6. The van der Waals surface area contributed by atoms with Crippen molar-refractivity contribution < 1.29 is 22.4 Å². The van der Waals surface area contributed by atoms with Crippen molar-refractivity contribution >= 4 is 22.6 Å². The van der Waals surface area contributed by atoms with Gasteiger partial charge in [0.15, 0.2) is 5.82 Å². The number of nitrogens with one attached hydrogen (secondary N) is 2. The molecule has 1 amide bonds. The summed E-state index contributed by atoms with van der Waals surface area (Å²) in [4.78, 5) is 35.7. The van der Waals surface area contributed by atoms with E-state index in [4.69, 9.17) is 0 Å². The Labute approximate surface area is 246 Å². The van der Waals surface area contributed by atoms with Crippen molar-refractivity contribution in [2.45, 2.75) is 38.3 Å². The number of carbonyl (C=O) groups is 1. The SMILES string of the molecule is CNC(=O)c1c(F)cnc2c([C@H](C)CNc3cc(-c4cnc(CC5CCN(CC(F)(F)F)CC5)nc4)ncn3)cccc12. The number of alkyl halides is 3. The molecule has 1 saturated heterocycles. The second kappa shape index (κ2) is 12.9. The molecule has 13 heteroatoms. The Kier molecular flexibility index (Phi) is 9.09. The molecule has 1 aliphatic heterocycles. The van der Waals surface area contributed by atoms with Crippen LogP contribution >= 0.6 is 0 Å². The molecule has 2 N–H and O–H groups in total. The largest absolute Gasteiger partial charge is 0.401 e. The standard InChI is InChI=1S/C30H32F4N8O/c1-18(21-4-3-5-22-27(29(43)35-2)23(31)15-39-28(21)22)12-36-26-11-24(40-17-41-26)20-13-37-25(38-14-20)10-19-6-8-42(9-7-19)16-30(32,33)34/h3-5,11,13-15,17-19H,6-10,12,16H2,1-2H3,(H,35,43)(H,36,40,41)/t18-/m1/s1. The van der Waals surface area contributed by atoms with Gasteiger partial charge in [0, 0.05) is 55.3 Å². The lowest BCUT2D eigenvalue weighted by Crippen LogP contribution is -2.40. The van der Waals surface area contributed by atoms with E-state index in [0.29, 0.717) is 72.7 Å². The molecule has 1 aliphatic rings. The maximum Gasteiger partial charge on any atom is 0.401 e. The summed E-state index contributed by atoms with van der Waals surface area (Å²) < 4.78 is 52.4. The van der Waals surface area contributed by atoms with Crippen molar-refractivity contribution in [3.05, 3.63) is 72.0 Å². The first-order valence-corrected chi connectivity index (χ1v) is 14.1. The molecule has 1 atom stereocenters. The summed E-state index contributed by atoms with van der Waals surface area (Å²) in [7, 11) is 1.46. The minimum absolute atomic E-state index is 0.0329. The van der Waals surface area contributed by atoms with E-state index in [0.717, 1.165) is 11.8 Å². The minimum atomic E-state index is -4.17. The number of rotatable bonds is 9. The van der Waals surface area contributed by atoms with Crippen LogP contribution in [-0.2, 0) is 6.42 Å². The topological polar surface area (TPSA) is 109 Å². The number of carbonyl (C=O) groups excluding carboxylic acids is 1. The lowest BCUT2D eigenvalue weighted by Gasteiger charge is -2.32. The molecule has 5 rings (SSSR count). The smallest absolute Gasteiger partial charge is 0.369 e. The Balaban J connectivity index is 1.21. The molecule has 0 bridgehead atoms. The average Bonchev–Trinajstić information content (AvgIpc) is 3.00. The number of likely N-dealkylation sites (tertiary alicyclic amines) is 1. The molecule has 0 radical (unpaired) electrons. The number of hydrogen-bond acceptors (Lipinski definition) is 8. The Morgan fingerprint density at radius 2 is 1.81 bits per heavy atom. The van der Waals surface area contributed by atoms with Crippen LogP contribution in [0.4, 0.5) is 23.4 Å². The predicted octanol–water partition coefficient (Wildman–Crippen LogP) is 5.01. The molecular formula is C30H32F4N8O. The van der Waals surface area contributed by atoms with Crippen LogP contribution in [-0.4, -0.2) is 75.1 Å². The number of hydrogen-bond donors (Lipinski definition) is 2. The van der Waals surface area contributed by atoms with Crippen molar-refractivity contribution in [3.8, 4) is 11.3 Å². The van der Waals surface area contributed by atoms with Gasteiger partial charge in [0.1, 0.15) is 18.0 Å². The Morgan fingerprint density at radius 1 is 1.07 bits per heavy atom. The van der Waals surface area contributed by atoms with Crippen LogP contribution in [0.2, 0.25) is 0 Å². The number of nitrogens with zero attached hydrogens (tertiary/aromatic N) is 6. The van der Waals surface area contributed by atoms with E-state index in [1.807, 2.05) is 13.0 Å². The lowest BCUT2D eigenvalue weighted by atomic mass is 9.93. The van der Waals surface area contributed by atoms with E-state index in [1.54, 1.807) is 30.6 Å². The van der Waals surface area contributed by atoms with Gasteiger partial charge in [0.05, 0.1) is 29.5 Å². The van der Waals surface area contributed by atoms with Gasteiger partial charge in [0.2, 0.25) is 0 Å². The maximum atomic E-state index is 14.4. The van der Waals surface area contributed by atoms with Gasteiger partial charge in [-0.1, -0.05) is 25.1 Å². The monoisotopic (exact) mass is 596 g/mol. The number of fused-ring (bicyclic) bond motifs is 1. The first-order chi connectivity index (χ1) is 20.6. The van der Waals surface area contributed by atoms with Gasteiger partial charge in [-0.05, 0) is 37.4 Å². The molecule has 0 spiro atoms. The fraction of sp³-hybridized carbons (Fsp3) is 0.400. The van der Waals surface area contributed by atoms with Crippen molar-refractivity contribution in [3.63, 3.8) is 0 Å². The van der Waals surface area contributed by atoms with Gasteiger partial charge < -0.3 is 10.6 Å². The summed E-state index contributed by atoms with van der Waals surface area (Å²) in [5.74, 6) is 0.257. The summed E-state index contributed by atoms with van der Waals surface area (Å²) in [6, 6.07) is 7.17. The second-order valence-corrected chi connectivity index (χ2v) is 10.8. The van der Waals surface area contributed by atoms with Crippen LogP contribution in [0.1, 0.15) is 47.4 Å². The quantitative estimate of drug-likeness (QED) is 0.260. The molecule has 43 heavy (non-hydrogen) atoms. The number of pyridine rings is 1. The third kappa shape index (κ3) is 7.39. The molecule has 1 fully saturated rings. The summed E-state index contributed by atoms with van der Waals surface area (Å²) in [6.45, 7) is 2.47. The van der Waals surface area contributed by atoms with E-state index < -0.39 is 24.4 Å². The molecule has 0 aliphatic carbocycles. The molecule has 0 unspecified atom stereocenters. The number of para-hydroxylation sites is 1. The summed E-state index contributed by atoms with van der Waals surface area (Å²) in [6.07, 6.45) is 3.72. The van der Waals surface area contributed by atoms with Crippen molar-refractivity contribution in [2.75, 3.05) is 38.5 Å². The minimum Gasteiger partial charge on any atom is -0.369 e. The van der Waals surface area contributed by atoms with Gasteiger partial charge >= 0.3 is 6.18 Å². The molecule has 226 valence electrons. The average molecular weight is 597 g/mol. The highest BCUT2D eigenvalue weighted by Gasteiger charge is 2.32. The molecule has 4 heterocycles. The number of benzene rings is 1. The molecular weight excluding hydrogens is 564 g/mol. The number of aromatic nitrogens is 5. The van der Waals surface area contributed by atoms with Crippen LogP contribution < -0.4 is 10.6 Å². The maximum absolute atomic E-state index is 14.4. The Morgan fingerprint density at radius 3 is 2.51 bits per heavy atom. The van der Waals surface area contributed by atoms with Gasteiger partial charge in [0.25, 0.3) is 5.91 Å². The highest BCUT2D eigenvalue weighted by molar-refractivity contribution is 6.06. The zero-order valence-corrected chi connectivity index (χ0v) is 23.8. The fourth-order valence-electron chi connectivity index (χ4n) is 5.41. The zero-order valence-electron chi connectivity index (χ0n) is 23.8. The van der Waals surface area contributed by atoms with E-state index in [9.17, 15) is 22.4 Å². The highest BCUT2D eigenvalue weighted by Crippen LogP contribution is 2.29. The summed E-state index contributed by atoms with van der Waals surface area (Å²) in [5.41, 5.74) is 2.73. The van der Waals surface area contributed by atoms with E-state index >= 15 is 0 Å². The van der Waals surface area contributed by atoms with Gasteiger partial charge in [-0.2, -0.15) is 13.2 Å². The molecule has 3 aromatic heterocycles. The van der Waals surface area contributed by atoms with E-state index in [2.05, 4.69) is 35.6 Å². The fourth-order valence-corrected chi connectivity index (χ4v) is 5.41. The number of amides is 1. The molecule has 4 aromatic rings. The first kappa shape index (κ1) is 30.2. The molecule has 1 aromatic carbocycles. The van der Waals surface area contributed by atoms with Crippen molar-refractivity contribution in [2.24, 2.45) is 5.92 Å². The van der Waals surface area contributed by atoms with Gasteiger partial charge in [-0.25, -0.2) is 24.3 Å². The third-order valence-corrected chi connectivity index (χ3v) is 7.71. The van der Waals surface area contributed by atoms with E-state index in [-0.39, 0.29) is 17.4 Å². The number of halogens is 4. The second-order valence-electron chi connectivity index (χ2n) is 10.8. The van der Waals surface area contributed by atoms with Crippen molar-refractivity contribution in [1.82, 2.24) is 35.1 Å². The van der Waals surface area contributed by atoms with Gasteiger partial charge in [-0.3, -0.25) is 14.7 Å². The molecule has 9 nitrogen and oxygen atoms in total. The Hall–Kier alpha value is -4.26. The summed E-state index contributed by atoms with van der Waals surface area (Å²) in [5, 5.41) is 6.24. The number of anilines is 1. The van der Waals surface area contributed by atoms with E-state index in [1.165, 1.54) is 18.3 Å². The number of piperidine rings is 1. The summed E-state index contributed by atoms with van der Waals surface area (Å²) >= 11 is 0. The predicted molar refractivity (Wildman–Crippen MR) is 154 cm³/mol. The third-order valence-electron chi connectivity index (χ3n) is 7.71. The van der Waals surface area contributed by atoms with Crippen LogP contribution in [0.15, 0.2) is 49.2 Å². The van der Waals surface area contributed by atoms with Crippen LogP contribution in [0.25, 0.3) is 22.2 Å². The highest BCUT2D eigenvalue weighted by atomic mass is 19.4.